The van der Waals surface area contributed by atoms with Crippen LogP contribution < -0.4 is 4.74 Å². The molecule has 1 heterocycles. The molecule has 13 heavy (non-hydrogen) atoms. The molecule has 3 heteroatoms. The van der Waals surface area contributed by atoms with Crippen LogP contribution in [0.5, 0.6) is 5.75 Å². The van der Waals surface area contributed by atoms with Crippen LogP contribution in [0, 0.1) is 0 Å². The van der Waals surface area contributed by atoms with Crippen molar-refractivity contribution in [3.05, 3.63) is 22.4 Å². The lowest BCUT2D eigenvalue weighted by Crippen LogP contribution is -2.01. The molecule has 0 atom stereocenters. The summed E-state index contributed by atoms with van der Waals surface area (Å²) in [6.45, 7) is 2.13. The van der Waals surface area contributed by atoms with Crippen LogP contribution in [-0.4, -0.2) is 11.1 Å². The number of rotatable bonds is 3. The van der Waals surface area contributed by atoms with Crippen molar-refractivity contribution < 1.29 is 4.74 Å². The zero-order chi connectivity index (χ0) is 9.26. The first-order valence-corrected chi connectivity index (χ1v) is 5.40. The average molecular weight is 242 g/mol. The first-order valence-electron chi connectivity index (χ1n) is 4.61. The third kappa shape index (κ3) is 2.02. The average Bonchev–Trinajstić information content (AvgIpc) is 2.92. The number of aromatic nitrogens is 1. The number of aryl methyl sites for hydroxylation is 1. The Balaban J connectivity index is 2.27. The standard InChI is InChI=1S/C10H12BrNO/c1-2-7-5-6-12-10(11)9(7)13-8-3-4-8/h5-6,8H,2-4H2,1H3. The van der Waals surface area contributed by atoms with E-state index >= 15 is 0 Å². The van der Waals surface area contributed by atoms with E-state index in [9.17, 15) is 0 Å². The molecule has 1 aliphatic carbocycles. The van der Waals surface area contributed by atoms with Crippen molar-refractivity contribution in [2.75, 3.05) is 0 Å². The fraction of sp³-hybridized carbons (Fsp3) is 0.500. The van der Waals surface area contributed by atoms with Crippen molar-refractivity contribution in [3.63, 3.8) is 0 Å². The second kappa shape index (κ2) is 3.66. The van der Waals surface area contributed by atoms with Crippen LogP contribution in [0.25, 0.3) is 0 Å². The Morgan fingerprint density at radius 2 is 2.38 bits per heavy atom. The molecule has 0 radical (unpaired) electrons. The molecule has 2 nitrogen and oxygen atoms in total. The maximum absolute atomic E-state index is 5.77. The topological polar surface area (TPSA) is 22.1 Å². The Kier molecular flexibility index (Phi) is 2.54. The molecular formula is C10H12BrNO. The second-order valence-electron chi connectivity index (χ2n) is 3.26. The number of hydrogen-bond donors (Lipinski definition) is 0. The molecule has 1 fully saturated rings. The van der Waals surface area contributed by atoms with Gasteiger partial charge >= 0.3 is 0 Å². The quantitative estimate of drug-likeness (QED) is 0.760. The van der Waals surface area contributed by atoms with Crippen LogP contribution in [0.3, 0.4) is 0 Å². The van der Waals surface area contributed by atoms with Crippen LogP contribution in [-0.2, 0) is 6.42 Å². The molecule has 0 aromatic carbocycles. The zero-order valence-electron chi connectivity index (χ0n) is 7.59. The SMILES string of the molecule is CCc1ccnc(Br)c1OC1CC1. The summed E-state index contributed by atoms with van der Waals surface area (Å²) in [6.07, 6.45) is 5.60. The highest BCUT2D eigenvalue weighted by Gasteiger charge is 2.25. The fourth-order valence-electron chi connectivity index (χ4n) is 1.21. The smallest absolute Gasteiger partial charge is 0.155 e. The van der Waals surface area contributed by atoms with Gasteiger partial charge in [0.25, 0.3) is 0 Å². The van der Waals surface area contributed by atoms with Gasteiger partial charge in [0.1, 0.15) is 4.60 Å². The summed E-state index contributed by atoms with van der Waals surface area (Å²) in [5.74, 6) is 0.938. The Labute approximate surface area is 86.5 Å². The second-order valence-corrected chi connectivity index (χ2v) is 4.01. The van der Waals surface area contributed by atoms with Gasteiger partial charge in [-0.3, -0.25) is 0 Å². The van der Waals surface area contributed by atoms with Crippen molar-refractivity contribution >= 4 is 15.9 Å². The van der Waals surface area contributed by atoms with Crippen molar-refractivity contribution in [3.8, 4) is 5.75 Å². The van der Waals surface area contributed by atoms with E-state index in [4.69, 9.17) is 4.74 Å². The van der Waals surface area contributed by atoms with Gasteiger partial charge in [0, 0.05) is 6.20 Å². The molecule has 1 aromatic heterocycles. The van der Waals surface area contributed by atoms with Gasteiger partial charge in [0.15, 0.2) is 5.75 Å². The predicted octanol–water partition coefficient (Wildman–Crippen LogP) is 2.95. The molecule has 1 aliphatic rings. The lowest BCUT2D eigenvalue weighted by atomic mass is 10.2. The Bertz CT molecular complexity index is 310. The summed E-state index contributed by atoms with van der Waals surface area (Å²) in [5, 5.41) is 0. The highest BCUT2D eigenvalue weighted by molar-refractivity contribution is 9.10. The molecule has 0 spiro atoms. The molecule has 0 aliphatic heterocycles. The van der Waals surface area contributed by atoms with E-state index in [1.807, 2.05) is 12.3 Å². The van der Waals surface area contributed by atoms with Crippen molar-refractivity contribution in [2.24, 2.45) is 0 Å². The molecular weight excluding hydrogens is 230 g/mol. The fourth-order valence-corrected chi connectivity index (χ4v) is 1.68. The molecule has 0 saturated heterocycles. The minimum absolute atomic E-state index is 0.436. The first-order chi connectivity index (χ1) is 6.31. The van der Waals surface area contributed by atoms with Gasteiger partial charge in [0.2, 0.25) is 0 Å². The van der Waals surface area contributed by atoms with Gasteiger partial charge in [-0.05, 0) is 46.8 Å². The maximum Gasteiger partial charge on any atom is 0.155 e. The zero-order valence-corrected chi connectivity index (χ0v) is 9.17. The van der Waals surface area contributed by atoms with Gasteiger partial charge in [-0.2, -0.15) is 0 Å². The largest absolute Gasteiger partial charge is 0.487 e. The maximum atomic E-state index is 5.77. The first kappa shape index (κ1) is 9.00. The summed E-state index contributed by atoms with van der Waals surface area (Å²) < 4.78 is 6.60. The molecule has 70 valence electrons. The van der Waals surface area contributed by atoms with Crippen LogP contribution in [0.1, 0.15) is 25.3 Å². The van der Waals surface area contributed by atoms with Gasteiger partial charge in [0.05, 0.1) is 6.10 Å². The van der Waals surface area contributed by atoms with Crippen molar-refractivity contribution in [1.82, 2.24) is 4.98 Å². The summed E-state index contributed by atoms with van der Waals surface area (Å²) in [4.78, 5) is 4.16. The van der Waals surface area contributed by atoms with E-state index in [0.29, 0.717) is 6.10 Å². The van der Waals surface area contributed by atoms with E-state index in [1.165, 1.54) is 18.4 Å². The monoisotopic (exact) mass is 241 g/mol. The Morgan fingerprint density at radius 3 is 3.00 bits per heavy atom. The Morgan fingerprint density at radius 1 is 1.62 bits per heavy atom. The number of halogens is 1. The van der Waals surface area contributed by atoms with Gasteiger partial charge in [-0.15, -0.1) is 0 Å². The lowest BCUT2D eigenvalue weighted by Gasteiger charge is -2.10. The lowest BCUT2D eigenvalue weighted by molar-refractivity contribution is 0.296. The van der Waals surface area contributed by atoms with Crippen LogP contribution in [0.4, 0.5) is 0 Å². The molecule has 1 aromatic rings. The highest BCUT2D eigenvalue weighted by Crippen LogP contribution is 2.33. The van der Waals surface area contributed by atoms with E-state index < -0.39 is 0 Å². The normalized spacial score (nSPS) is 15.8. The van der Waals surface area contributed by atoms with Gasteiger partial charge in [-0.25, -0.2) is 4.98 Å². The summed E-state index contributed by atoms with van der Waals surface area (Å²) in [7, 11) is 0. The van der Waals surface area contributed by atoms with Crippen LogP contribution in [0.15, 0.2) is 16.9 Å². The van der Waals surface area contributed by atoms with E-state index in [0.717, 1.165) is 16.8 Å². The van der Waals surface area contributed by atoms with Crippen molar-refractivity contribution in [1.29, 1.82) is 0 Å². The molecule has 0 unspecified atom stereocenters. The minimum atomic E-state index is 0.436. The predicted molar refractivity (Wildman–Crippen MR) is 55.0 cm³/mol. The third-order valence-electron chi connectivity index (χ3n) is 2.13. The third-order valence-corrected chi connectivity index (χ3v) is 2.70. The van der Waals surface area contributed by atoms with Crippen LogP contribution in [0.2, 0.25) is 0 Å². The molecule has 0 amide bonds. The molecule has 0 N–H and O–H groups in total. The number of nitrogens with zero attached hydrogens (tertiary/aromatic N) is 1. The van der Waals surface area contributed by atoms with Gasteiger partial charge in [-0.1, -0.05) is 6.92 Å². The van der Waals surface area contributed by atoms with E-state index in [-0.39, 0.29) is 0 Å². The van der Waals surface area contributed by atoms with E-state index in [1.54, 1.807) is 0 Å². The van der Waals surface area contributed by atoms with Gasteiger partial charge < -0.3 is 4.74 Å². The summed E-state index contributed by atoms with van der Waals surface area (Å²) in [6, 6.07) is 2.02. The summed E-state index contributed by atoms with van der Waals surface area (Å²) in [5.41, 5.74) is 1.23. The van der Waals surface area contributed by atoms with Crippen LogP contribution >= 0.6 is 15.9 Å². The Hall–Kier alpha value is -0.570. The number of pyridine rings is 1. The van der Waals surface area contributed by atoms with E-state index in [2.05, 4.69) is 27.8 Å². The molecule has 1 saturated carbocycles. The number of hydrogen-bond acceptors (Lipinski definition) is 2. The molecule has 0 bridgehead atoms. The minimum Gasteiger partial charge on any atom is -0.487 e. The highest BCUT2D eigenvalue weighted by atomic mass is 79.9. The molecule has 2 rings (SSSR count). The number of ether oxygens (including phenoxy) is 1. The van der Waals surface area contributed by atoms with Crippen molar-refractivity contribution in [2.45, 2.75) is 32.3 Å². The summed E-state index contributed by atoms with van der Waals surface area (Å²) >= 11 is 3.41.